The van der Waals surface area contributed by atoms with Crippen molar-refractivity contribution in [3.8, 4) is 332 Å². The van der Waals surface area contributed by atoms with Gasteiger partial charge in [0.1, 0.15) is 0 Å². The van der Waals surface area contributed by atoms with Crippen molar-refractivity contribution >= 4 is 0 Å². The van der Waals surface area contributed by atoms with E-state index in [9.17, 15) is 0 Å². The molecule has 0 N–H and O–H groups in total. The van der Waals surface area contributed by atoms with Crippen LogP contribution in [-0.2, 0) is 0 Å². The first-order valence-corrected chi connectivity index (χ1v) is 14.2. The molecule has 0 aliphatic carbocycles. The molecule has 0 spiro atoms. The van der Waals surface area contributed by atoms with E-state index < -0.39 is 0 Å². The third kappa shape index (κ3) is 43.2. The van der Waals surface area contributed by atoms with E-state index in [1.807, 2.05) is 11.8 Å². The lowest BCUT2D eigenvalue weighted by Crippen LogP contribution is -1.57. The van der Waals surface area contributed by atoms with Gasteiger partial charge in [0.15, 0.2) is 0 Å². The third-order valence-corrected chi connectivity index (χ3v) is 3.44. The van der Waals surface area contributed by atoms with E-state index in [0.29, 0.717) is 0 Å². The summed E-state index contributed by atoms with van der Waals surface area (Å²) < 4.78 is 0. The highest BCUT2D eigenvalue weighted by Gasteiger charge is 1.62. The lowest BCUT2D eigenvalue weighted by Gasteiger charge is -1.63. The maximum Gasteiger partial charge on any atom is 0 e. The Labute approximate surface area is 343 Å². The Balaban J connectivity index is 4.58. The van der Waals surface area contributed by atoms with E-state index in [2.05, 4.69) is 320 Å². The quantitative estimate of drug-likeness (QED) is 0.252. The van der Waals surface area contributed by atoms with Crippen LogP contribution in [0.15, 0.2) is 0 Å². The highest BCUT2D eigenvalue weighted by atomic mass is 13.6. The van der Waals surface area contributed by atoms with Crippen LogP contribution in [0.2, 0.25) is 0 Å². The van der Waals surface area contributed by atoms with Crippen LogP contribution in [0.1, 0.15) is 0 Å². The molecule has 0 aliphatic rings. The molecule has 0 atom stereocenters. The zero-order valence-electron chi connectivity index (χ0n) is 29.0. The molecule has 0 aliphatic heterocycles. The molecular weight excluding hydrogens is 697 g/mol. The minimum atomic E-state index is 1.87. The van der Waals surface area contributed by atoms with Crippen molar-refractivity contribution in [3.05, 3.63) is 12.8 Å². The molecule has 0 aromatic rings. The van der Waals surface area contributed by atoms with E-state index in [4.69, 9.17) is 12.8 Å². The minimum absolute atomic E-state index is 1.87. The van der Waals surface area contributed by atoms with Gasteiger partial charge in [-0.05, 0) is 94.7 Å². The van der Waals surface area contributed by atoms with Crippen molar-refractivity contribution in [1.29, 1.82) is 0 Å². The van der Waals surface area contributed by atoms with Crippen molar-refractivity contribution < 1.29 is 0 Å². The molecule has 0 amide bonds. The average Bonchev–Trinajstić information content (AvgIpc) is 3.23. The van der Waals surface area contributed by atoms with Crippen molar-refractivity contribution in [2.24, 2.45) is 0 Å². The normalized spacial score (nSPS) is 3.90. The zero-order chi connectivity index (χ0) is 41.6. The van der Waals surface area contributed by atoms with Gasteiger partial charge in [0, 0.05) is 201 Å². The first-order chi connectivity index (χ1) is 28.9. The summed E-state index contributed by atoms with van der Waals surface area (Å²) in [4.78, 5) is 0. The van der Waals surface area contributed by atoms with Crippen LogP contribution in [0.25, 0.3) is 0 Å². The van der Waals surface area contributed by atoms with Gasteiger partial charge in [-0.2, -0.15) is 0 Å². The fraction of sp³-hybridized carbons (Fsp3) is 0. The van der Waals surface area contributed by atoms with Crippen LogP contribution < -0.4 is 0 Å². The molecule has 0 heteroatoms. The fourth-order valence-electron chi connectivity index (χ4n) is 1.69. The van der Waals surface area contributed by atoms with Crippen molar-refractivity contribution in [2.45, 2.75) is 0 Å². The van der Waals surface area contributed by atoms with Crippen LogP contribution >= 0.6 is 0 Å². The summed E-state index contributed by atoms with van der Waals surface area (Å²) in [7, 11) is 0. The van der Waals surface area contributed by atoms with Gasteiger partial charge in [-0.1, -0.05) is 0 Å². The molecule has 0 bridgehead atoms. The van der Waals surface area contributed by atoms with Gasteiger partial charge in [0.25, 0.3) is 0 Å². The second-order valence-corrected chi connectivity index (χ2v) is 7.00. The third-order valence-electron chi connectivity index (χ3n) is 3.44. The number of rotatable bonds is 0. The van der Waals surface area contributed by atoms with E-state index in [0.717, 1.165) is 0 Å². The molecule has 0 radical (unpaired) electrons. The van der Waals surface area contributed by atoms with Crippen LogP contribution in [0.3, 0.4) is 0 Å². The number of hydrogen-bond donors (Lipinski definition) is 0. The zero-order valence-corrected chi connectivity index (χ0v) is 29.0. The van der Waals surface area contributed by atoms with Crippen molar-refractivity contribution in [1.82, 2.24) is 0 Å². The first-order valence-electron chi connectivity index (χ1n) is 14.2. The molecule has 234 valence electrons. The summed E-state index contributed by atoms with van der Waals surface area (Å²) in [6, 6.07) is 0. The fourth-order valence-corrected chi connectivity index (χ4v) is 1.69. The van der Waals surface area contributed by atoms with E-state index >= 15 is 0 Å². The lowest BCUT2D eigenvalue weighted by molar-refractivity contribution is 2.31. The van der Waals surface area contributed by atoms with E-state index in [1.54, 1.807) is 0 Å². The minimum Gasteiger partial charge on any atom is -0.358 e. The second kappa shape index (κ2) is 44.2. The van der Waals surface area contributed by atoms with E-state index in [-0.39, 0.29) is 0 Å². The maximum absolute atomic E-state index is 6.57. The Morgan fingerprint density at radius 1 is 0.0862 bits per heavy atom. The predicted molar refractivity (Wildman–Crippen MR) is 224 cm³/mol. The highest BCUT2D eigenvalue weighted by molar-refractivity contribution is 5.51. The monoisotopic (exact) mass is 696 g/mol. The van der Waals surface area contributed by atoms with Gasteiger partial charge >= 0.3 is 0 Å². The topological polar surface area (TPSA) is 0 Å². The Morgan fingerprint density at radius 2 is 0.138 bits per heavy atom. The number of hydrogen-bond acceptors (Lipinski definition) is 0. The summed E-state index contributed by atoms with van der Waals surface area (Å²) in [5, 5.41) is 0. The predicted octanol–water partition coefficient (Wildman–Crippen LogP) is 0.258. The summed E-state index contributed by atoms with van der Waals surface area (Å²) in [5.41, 5.74) is 0. The van der Waals surface area contributed by atoms with Gasteiger partial charge in [-0.25, -0.2) is 11.8 Å². The Morgan fingerprint density at radius 3 is 0.190 bits per heavy atom. The molecule has 0 nitrogen and oxygen atoms in total. The molecule has 0 fully saturated rings. The SMILES string of the molecule is [C-]#CC#CC#CC#CC#CC#CC#CC#CC#CC#CC#CC#CC#CC#CC#CC#CC#CC#CC#CC#CC#CC#CC#CC#CC#CC#CC#CC#CC#[C-]. The van der Waals surface area contributed by atoms with Gasteiger partial charge < -0.3 is 12.8 Å². The summed E-state index contributed by atoms with van der Waals surface area (Å²) in [5.74, 6) is 137. The first kappa shape index (κ1) is 45.2. The van der Waals surface area contributed by atoms with Gasteiger partial charge in [-0.15, -0.1) is 11.8 Å². The molecule has 0 aromatic carbocycles. The van der Waals surface area contributed by atoms with Gasteiger partial charge in [-0.3, -0.25) is 11.8 Å². The molecule has 0 saturated carbocycles. The van der Waals surface area contributed by atoms with Crippen LogP contribution in [0, 0.1) is 344 Å². The van der Waals surface area contributed by atoms with Gasteiger partial charge in [0.2, 0.25) is 0 Å². The molecule has 0 rings (SSSR count). The summed E-state index contributed by atoms with van der Waals surface area (Å²) in [6.45, 7) is 0. The molecule has 0 unspecified atom stereocenters. The largest absolute Gasteiger partial charge is 0.358 e. The van der Waals surface area contributed by atoms with Crippen LogP contribution in [0.5, 0.6) is 0 Å². The lowest BCUT2D eigenvalue weighted by atomic mass is 10.4. The molecule has 0 saturated heterocycles. The highest BCUT2D eigenvalue weighted by Crippen LogP contribution is 1.63. The summed E-state index contributed by atoms with van der Waals surface area (Å²) >= 11 is 0. The average molecular weight is 697 g/mol. The van der Waals surface area contributed by atoms with Gasteiger partial charge in [0.05, 0.1) is 0 Å². The smallest absolute Gasteiger partial charge is 0 e. The molecule has 0 heterocycles. The Bertz CT molecular complexity index is 3420. The molecule has 0 aromatic heterocycles. The molecular formula is C58-2. The Hall–Kier alpha value is -12.8. The van der Waals surface area contributed by atoms with Crippen LogP contribution in [0.4, 0.5) is 0 Å². The summed E-state index contributed by atoms with van der Waals surface area (Å²) in [6.07, 6.45) is 13.1. The standard InChI is InChI=1S/C58/c1-3-5-7-9-11-13-15-17-19-21-23-25-27-29-31-33-35-37-39-41-43-45-47-49-51-53-55-57-58-56-54-52-50-48-46-44-42-40-38-36-34-32-30-28-26-24-22-20-18-16-14-12-10-8-6-4-2/q-2. The Kier molecular flexibility index (Phi) is 34.5. The van der Waals surface area contributed by atoms with Crippen molar-refractivity contribution in [2.75, 3.05) is 0 Å². The second-order valence-electron chi connectivity index (χ2n) is 7.00. The van der Waals surface area contributed by atoms with Crippen LogP contribution in [-0.4, -0.2) is 0 Å². The van der Waals surface area contributed by atoms with E-state index in [1.165, 1.54) is 0 Å². The maximum atomic E-state index is 6.57. The molecule has 58 heavy (non-hydrogen) atoms. The van der Waals surface area contributed by atoms with Crippen molar-refractivity contribution in [3.63, 3.8) is 0 Å².